The van der Waals surface area contributed by atoms with Gasteiger partial charge in [0.15, 0.2) is 0 Å². The Morgan fingerprint density at radius 1 is 1.19 bits per heavy atom. The average Bonchev–Trinajstić information content (AvgIpc) is 2.61. The highest BCUT2D eigenvalue weighted by molar-refractivity contribution is 5.28. The summed E-state index contributed by atoms with van der Waals surface area (Å²) in [5.74, 6) is 0.535. The van der Waals surface area contributed by atoms with Crippen molar-refractivity contribution in [3.8, 4) is 0 Å². The Morgan fingerprint density at radius 2 is 1.88 bits per heavy atom. The normalized spacial score (nSPS) is 11.0. The van der Waals surface area contributed by atoms with Gasteiger partial charge < -0.3 is 0 Å². The largest absolute Gasteiger partial charge is 0.275 e. The van der Waals surface area contributed by atoms with Crippen molar-refractivity contribution in [2.45, 2.75) is 26.2 Å². The van der Waals surface area contributed by atoms with E-state index in [9.17, 15) is 0 Å². The zero-order valence-electron chi connectivity index (χ0n) is 10.1. The smallest absolute Gasteiger partial charge is 0.0702 e. The minimum Gasteiger partial charge on any atom is -0.275 e. The fourth-order valence-corrected chi connectivity index (χ4v) is 1.96. The summed E-state index contributed by atoms with van der Waals surface area (Å²) in [6.45, 7) is 4.43. The van der Waals surface area contributed by atoms with Crippen LogP contribution in [0.1, 0.15) is 36.6 Å². The van der Waals surface area contributed by atoms with Gasteiger partial charge in [-0.15, -0.1) is 0 Å². The molecule has 84 valence electrons. The van der Waals surface area contributed by atoms with Crippen LogP contribution in [0.15, 0.2) is 36.5 Å². The molecule has 2 nitrogen and oxygen atoms in total. The summed E-state index contributed by atoms with van der Waals surface area (Å²) in [6.07, 6.45) is 3.05. The van der Waals surface area contributed by atoms with E-state index in [4.69, 9.17) is 0 Å². The molecule has 2 aromatic rings. The van der Waals surface area contributed by atoms with Crippen molar-refractivity contribution in [3.63, 3.8) is 0 Å². The number of aryl methyl sites for hydroxylation is 1. The zero-order valence-corrected chi connectivity index (χ0v) is 10.1. The van der Waals surface area contributed by atoms with Gasteiger partial charge in [0.25, 0.3) is 0 Å². The highest BCUT2D eigenvalue weighted by Crippen LogP contribution is 2.20. The van der Waals surface area contributed by atoms with E-state index in [1.54, 1.807) is 0 Å². The third kappa shape index (κ3) is 2.32. The summed E-state index contributed by atoms with van der Waals surface area (Å²) < 4.78 is 1.91. The van der Waals surface area contributed by atoms with Crippen LogP contribution in [-0.4, -0.2) is 9.78 Å². The molecule has 0 aliphatic rings. The van der Waals surface area contributed by atoms with E-state index in [1.165, 1.54) is 16.8 Å². The van der Waals surface area contributed by atoms with Crippen molar-refractivity contribution in [1.29, 1.82) is 0 Å². The molecule has 2 heteroatoms. The molecule has 0 spiro atoms. The SMILES string of the molecule is CC(C)c1cn(C)nc1Cc1ccccc1. The Morgan fingerprint density at radius 3 is 2.50 bits per heavy atom. The van der Waals surface area contributed by atoms with Crippen LogP contribution in [0.2, 0.25) is 0 Å². The molecule has 16 heavy (non-hydrogen) atoms. The maximum absolute atomic E-state index is 4.54. The van der Waals surface area contributed by atoms with Crippen LogP contribution in [-0.2, 0) is 13.5 Å². The average molecular weight is 214 g/mol. The third-order valence-corrected chi connectivity index (χ3v) is 2.77. The fourth-order valence-electron chi connectivity index (χ4n) is 1.96. The lowest BCUT2D eigenvalue weighted by molar-refractivity contribution is 0.749. The van der Waals surface area contributed by atoms with Crippen molar-refractivity contribution in [2.75, 3.05) is 0 Å². The molecule has 0 aliphatic carbocycles. The monoisotopic (exact) mass is 214 g/mol. The molecule has 0 saturated carbocycles. The summed E-state index contributed by atoms with van der Waals surface area (Å²) in [6, 6.07) is 10.5. The number of benzene rings is 1. The molecule has 0 bridgehead atoms. The first-order valence-corrected chi connectivity index (χ1v) is 5.73. The highest BCUT2D eigenvalue weighted by atomic mass is 15.2. The molecule has 2 rings (SSSR count). The molecule has 0 N–H and O–H groups in total. The first-order valence-electron chi connectivity index (χ1n) is 5.73. The molecule has 0 aliphatic heterocycles. The predicted octanol–water partition coefficient (Wildman–Crippen LogP) is 3.13. The highest BCUT2D eigenvalue weighted by Gasteiger charge is 2.11. The van der Waals surface area contributed by atoms with E-state index >= 15 is 0 Å². The molecule has 1 heterocycles. The van der Waals surface area contributed by atoms with Gasteiger partial charge in [0, 0.05) is 19.7 Å². The second kappa shape index (κ2) is 4.52. The van der Waals surface area contributed by atoms with Gasteiger partial charge in [-0.1, -0.05) is 44.2 Å². The van der Waals surface area contributed by atoms with Gasteiger partial charge in [0.05, 0.1) is 5.69 Å². The molecule has 1 aromatic heterocycles. The number of rotatable bonds is 3. The van der Waals surface area contributed by atoms with E-state index < -0.39 is 0 Å². The summed E-state index contributed by atoms with van der Waals surface area (Å²) in [5.41, 5.74) is 3.87. The van der Waals surface area contributed by atoms with Gasteiger partial charge in [0.1, 0.15) is 0 Å². The lowest BCUT2D eigenvalue weighted by Gasteiger charge is -2.05. The topological polar surface area (TPSA) is 17.8 Å². The maximum Gasteiger partial charge on any atom is 0.0702 e. The molecular weight excluding hydrogens is 196 g/mol. The van der Waals surface area contributed by atoms with Gasteiger partial charge in [-0.05, 0) is 17.0 Å². The second-order valence-corrected chi connectivity index (χ2v) is 4.52. The molecule has 1 aromatic carbocycles. The third-order valence-electron chi connectivity index (χ3n) is 2.77. The number of nitrogens with zero attached hydrogens (tertiary/aromatic N) is 2. The van der Waals surface area contributed by atoms with Gasteiger partial charge in [-0.25, -0.2) is 0 Å². The maximum atomic E-state index is 4.54. The van der Waals surface area contributed by atoms with Crippen molar-refractivity contribution < 1.29 is 0 Å². The van der Waals surface area contributed by atoms with Gasteiger partial charge in [-0.3, -0.25) is 4.68 Å². The van der Waals surface area contributed by atoms with Crippen LogP contribution >= 0.6 is 0 Å². The first kappa shape index (κ1) is 10.9. The van der Waals surface area contributed by atoms with E-state index in [1.807, 2.05) is 17.8 Å². The zero-order chi connectivity index (χ0) is 11.5. The Kier molecular flexibility index (Phi) is 3.09. The van der Waals surface area contributed by atoms with Crippen molar-refractivity contribution in [3.05, 3.63) is 53.3 Å². The van der Waals surface area contributed by atoms with Crippen molar-refractivity contribution in [2.24, 2.45) is 7.05 Å². The van der Waals surface area contributed by atoms with Crippen LogP contribution in [0, 0.1) is 0 Å². The Balaban J connectivity index is 2.28. The lowest BCUT2D eigenvalue weighted by Crippen LogP contribution is -1.96. The standard InChI is InChI=1S/C14H18N2/c1-11(2)13-10-16(3)15-14(13)9-12-7-5-4-6-8-12/h4-8,10-11H,9H2,1-3H3. The predicted molar refractivity (Wildman–Crippen MR) is 66.5 cm³/mol. The van der Waals surface area contributed by atoms with E-state index in [-0.39, 0.29) is 0 Å². The van der Waals surface area contributed by atoms with Crippen LogP contribution in [0.3, 0.4) is 0 Å². The first-order chi connectivity index (χ1) is 7.66. The van der Waals surface area contributed by atoms with Crippen molar-refractivity contribution >= 4 is 0 Å². The van der Waals surface area contributed by atoms with Gasteiger partial charge in [0.2, 0.25) is 0 Å². The summed E-state index contributed by atoms with van der Waals surface area (Å²) in [5, 5.41) is 4.54. The molecular formula is C14H18N2. The van der Waals surface area contributed by atoms with Crippen LogP contribution in [0.4, 0.5) is 0 Å². The summed E-state index contributed by atoms with van der Waals surface area (Å²) >= 11 is 0. The second-order valence-electron chi connectivity index (χ2n) is 4.52. The van der Waals surface area contributed by atoms with Crippen molar-refractivity contribution in [1.82, 2.24) is 9.78 Å². The quantitative estimate of drug-likeness (QED) is 0.767. The van der Waals surface area contributed by atoms with Crippen LogP contribution in [0.25, 0.3) is 0 Å². The minimum absolute atomic E-state index is 0.535. The number of aromatic nitrogens is 2. The number of hydrogen-bond acceptors (Lipinski definition) is 1. The van der Waals surface area contributed by atoms with Crippen LogP contribution in [0.5, 0.6) is 0 Å². The summed E-state index contributed by atoms with van der Waals surface area (Å²) in [4.78, 5) is 0. The molecule has 0 saturated heterocycles. The Bertz CT molecular complexity index is 455. The van der Waals surface area contributed by atoms with E-state index in [0.717, 1.165) is 6.42 Å². The summed E-state index contributed by atoms with van der Waals surface area (Å²) in [7, 11) is 1.99. The Labute approximate surface area is 96.9 Å². The number of hydrogen-bond donors (Lipinski definition) is 0. The van der Waals surface area contributed by atoms with E-state index in [0.29, 0.717) is 5.92 Å². The molecule has 0 radical (unpaired) electrons. The van der Waals surface area contributed by atoms with Gasteiger partial charge in [-0.2, -0.15) is 5.10 Å². The molecule has 0 fully saturated rings. The van der Waals surface area contributed by atoms with Crippen LogP contribution < -0.4 is 0 Å². The van der Waals surface area contributed by atoms with E-state index in [2.05, 4.69) is 49.4 Å². The van der Waals surface area contributed by atoms with Gasteiger partial charge >= 0.3 is 0 Å². The minimum atomic E-state index is 0.535. The Hall–Kier alpha value is -1.57. The fraction of sp³-hybridized carbons (Fsp3) is 0.357. The molecule has 0 atom stereocenters. The molecule has 0 unspecified atom stereocenters. The lowest BCUT2D eigenvalue weighted by atomic mass is 10.00. The molecule has 0 amide bonds.